The van der Waals surface area contributed by atoms with Gasteiger partial charge in [0.15, 0.2) is 0 Å². The molecule has 1 nitrogen and oxygen atoms in total. The summed E-state index contributed by atoms with van der Waals surface area (Å²) in [7, 11) is 0. The third-order valence-corrected chi connectivity index (χ3v) is 0.975. The van der Waals surface area contributed by atoms with Crippen molar-refractivity contribution in [2.24, 2.45) is 0 Å². The molecule has 0 amide bonds. The molecule has 0 heterocycles. The average molecular weight is 367 g/mol. The van der Waals surface area contributed by atoms with Crippen molar-refractivity contribution >= 4 is 62.0 Å². The maximum Gasteiger partial charge on any atom is 2.00 e. The van der Waals surface area contributed by atoms with Gasteiger partial charge in [-0.2, -0.15) is 0 Å². The molecule has 0 aromatic heterocycles. The van der Waals surface area contributed by atoms with E-state index < -0.39 is 0 Å². The monoisotopic (exact) mass is 364 g/mol. The van der Waals surface area contributed by atoms with Gasteiger partial charge < -0.3 is 24.6 Å². The Bertz CT molecular complexity index is 90.7. The van der Waals surface area contributed by atoms with Crippen LogP contribution in [0.4, 0.5) is 0 Å². The quantitative estimate of drug-likeness (QED) is 0.298. The third kappa shape index (κ3) is 131. The molecule has 0 fully saturated rings. The molecule has 15 heavy (non-hydrogen) atoms. The number of halogens is 2. The molecule has 0 unspecified atom stereocenters. The van der Waals surface area contributed by atoms with Crippen molar-refractivity contribution in [3.63, 3.8) is 0 Å². The van der Waals surface area contributed by atoms with Crippen molar-refractivity contribution in [2.75, 3.05) is 18.5 Å². The average Bonchev–Trinajstić information content (AvgIpc) is 2.08. The Kier molecular flexibility index (Phi) is 136. The van der Waals surface area contributed by atoms with E-state index in [1.165, 1.54) is 6.08 Å². The first-order valence-electron chi connectivity index (χ1n) is 3.89. The molecule has 0 aliphatic rings. The number of hydrogen-bond acceptors (Lipinski definition) is 1. The van der Waals surface area contributed by atoms with Crippen LogP contribution >= 0.6 is 15.9 Å². The van der Waals surface area contributed by atoms with Gasteiger partial charge in [0.2, 0.25) is 0 Å². The molecular weight excluding hydrogens is 345 g/mol. The second-order valence-corrected chi connectivity index (χ2v) is 2.16. The Morgan fingerprint density at radius 1 is 1.27 bits per heavy atom. The van der Waals surface area contributed by atoms with Crippen LogP contribution in [0.2, 0.25) is 0 Å². The molecule has 0 N–H and O–H groups in total. The SMILES string of the molecule is C=CCBr.C=C[CH2-].CCOCC.[Br-].[H-].[H-].[Mg+2].[Mg+2]. The molecular formula is C10H22Br2Mg2O. The summed E-state index contributed by atoms with van der Waals surface area (Å²) in [6, 6.07) is 0. The standard InChI is InChI=1S/C4H10O.C3H5Br.C3H5.BrH.2Mg.2H/c1-3-5-4-2;1-2-3-4;1-3-2;;;;;/h3-4H2,1-2H3;2H,1,3H2;3H,1-2H2;1H;;;;/q;;-1;;2*+2;2*-1/p-1. The maximum absolute atomic E-state index is 4.83. The molecule has 0 aromatic carbocycles. The Morgan fingerprint density at radius 3 is 1.47 bits per heavy atom. The second-order valence-electron chi connectivity index (χ2n) is 1.51. The van der Waals surface area contributed by atoms with Crippen molar-refractivity contribution in [3.05, 3.63) is 32.2 Å². The fraction of sp³-hybridized carbons (Fsp3) is 0.500. The Labute approximate surface area is 150 Å². The molecule has 0 aliphatic carbocycles. The first-order chi connectivity index (χ1) is 5.74. The van der Waals surface area contributed by atoms with E-state index in [4.69, 9.17) is 4.74 Å². The molecule has 5 heteroatoms. The van der Waals surface area contributed by atoms with Crippen LogP contribution in [-0.2, 0) is 4.74 Å². The molecule has 0 atom stereocenters. The number of rotatable bonds is 3. The minimum absolute atomic E-state index is 0. The molecule has 0 radical (unpaired) electrons. The van der Waals surface area contributed by atoms with Gasteiger partial charge in [0.05, 0.1) is 0 Å². The van der Waals surface area contributed by atoms with Crippen molar-refractivity contribution in [3.8, 4) is 0 Å². The second kappa shape index (κ2) is 56.9. The normalized spacial score (nSPS) is 5.27. The molecule has 0 saturated heterocycles. The van der Waals surface area contributed by atoms with Crippen molar-refractivity contribution in [1.82, 2.24) is 0 Å². The van der Waals surface area contributed by atoms with E-state index >= 15 is 0 Å². The van der Waals surface area contributed by atoms with E-state index in [1.54, 1.807) is 6.08 Å². The van der Waals surface area contributed by atoms with Crippen LogP contribution in [0.25, 0.3) is 0 Å². The summed E-state index contributed by atoms with van der Waals surface area (Å²) >= 11 is 3.13. The summed E-state index contributed by atoms with van der Waals surface area (Å²) < 4.78 is 4.83. The topological polar surface area (TPSA) is 9.23 Å². The first kappa shape index (κ1) is 36.0. The van der Waals surface area contributed by atoms with Crippen molar-refractivity contribution in [1.29, 1.82) is 0 Å². The number of hydrogen-bond donors (Lipinski definition) is 0. The summed E-state index contributed by atoms with van der Waals surface area (Å²) in [4.78, 5) is 0. The van der Waals surface area contributed by atoms with Gasteiger partial charge in [0, 0.05) is 18.5 Å². The van der Waals surface area contributed by atoms with E-state index in [1.807, 2.05) is 13.8 Å². The van der Waals surface area contributed by atoms with Gasteiger partial charge in [-0.05, 0) is 13.8 Å². The van der Waals surface area contributed by atoms with Crippen molar-refractivity contribution in [2.45, 2.75) is 13.8 Å². The number of alkyl halides is 1. The van der Waals surface area contributed by atoms with Gasteiger partial charge in [-0.25, -0.2) is 19.6 Å². The van der Waals surface area contributed by atoms with Gasteiger partial charge in [-0.3, -0.25) is 0 Å². The van der Waals surface area contributed by atoms with Crippen LogP contribution in [0, 0.1) is 6.92 Å². The number of allylic oxidation sites excluding steroid dienone is 2. The van der Waals surface area contributed by atoms with Crippen LogP contribution < -0.4 is 17.0 Å². The van der Waals surface area contributed by atoms with Crippen LogP contribution in [0.1, 0.15) is 16.7 Å². The summed E-state index contributed by atoms with van der Waals surface area (Å²) in [6.45, 7) is 15.6. The van der Waals surface area contributed by atoms with Gasteiger partial charge in [0.25, 0.3) is 0 Å². The van der Waals surface area contributed by atoms with E-state index in [0.29, 0.717) is 0 Å². The van der Waals surface area contributed by atoms with E-state index in [9.17, 15) is 0 Å². The molecule has 86 valence electrons. The molecule has 0 aromatic rings. The summed E-state index contributed by atoms with van der Waals surface area (Å²) in [5.74, 6) is 0. The summed E-state index contributed by atoms with van der Waals surface area (Å²) in [5.41, 5.74) is 0. The molecule has 0 spiro atoms. The Hall–Kier alpha value is 1.80. The van der Waals surface area contributed by atoms with Crippen LogP contribution in [-0.4, -0.2) is 64.6 Å². The predicted molar refractivity (Wildman–Crippen MR) is 75.4 cm³/mol. The fourth-order valence-corrected chi connectivity index (χ4v) is 0.204. The number of ether oxygens (including phenoxy) is 1. The zero-order chi connectivity index (χ0) is 10.2. The zero-order valence-corrected chi connectivity index (χ0v) is 16.0. The van der Waals surface area contributed by atoms with Gasteiger partial charge in [-0.1, -0.05) is 22.0 Å². The molecule has 0 rings (SSSR count). The van der Waals surface area contributed by atoms with E-state index in [0.717, 1.165) is 18.5 Å². The predicted octanol–water partition coefficient (Wildman–Crippen LogP) is 0.0840. The zero-order valence-electron chi connectivity index (χ0n) is 12.0. The fourth-order valence-electron chi connectivity index (χ4n) is 0.204. The Morgan fingerprint density at radius 2 is 1.47 bits per heavy atom. The van der Waals surface area contributed by atoms with Gasteiger partial charge in [0.1, 0.15) is 0 Å². The van der Waals surface area contributed by atoms with Crippen LogP contribution in [0.3, 0.4) is 0 Å². The molecule has 0 saturated carbocycles. The largest absolute Gasteiger partial charge is 2.00 e. The van der Waals surface area contributed by atoms with Crippen LogP contribution in [0.15, 0.2) is 25.3 Å². The minimum atomic E-state index is 0. The van der Waals surface area contributed by atoms with Gasteiger partial charge >= 0.3 is 46.1 Å². The maximum atomic E-state index is 4.83. The summed E-state index contributed by atoms with van der Waals surface area (Å²) in [6.07, 6.45) is 3.29. The summed E-state index contributed by atoms with van der Waals surface area (Å²) in [5, 5.41) is 0.896. The smallest absolute Gasteiger partial charge is 1.00 e. The van der Waals surface area contributed by atoms with E-state index in [-0.39, 0.29) is 65.9 Å². The van der Waals surface area contributed by atoms with Gasteiger partial charge in [-0.15, -0.1) is 6.58 Å². The first-order valence-corrected chi connectivity index (χ1v) is 5.01. The van der Waals surface area contributed by atoms with Crippen molar-refractivity contribution < 1.29 is 24.6 Å². The van der Waals surface area contributed by atoms with E-state index in [2.05, 4.69) is 36.0 Å². The van der Waals surface area contributed by atoms with Crippen LogP contribution in [0.5, 0.6) is 0 Å². The molecule has 0 aliphatic heterocycles. The molecule has 0 bridgehead atoms. The third-order valence-electron chi connectivity index (χ3n) is 0.517. The Balaban J connectivity index is -0.0000000106. The minimum Gasteiger partial charge on any atom is -1.00 e.